The third kappa shape index (κ3) is 3.63. The largest absolute Gasteiger partial charge is 0.480 e. The summed E-state index contributed by atoms with van der Waals surface area (Å²) in [6.07, 6.45) is 2.17. The molecule has 0 radical (unpaired) electrons. The van der Waals surface area contributed by atoms with Crippen molar-refractivity contribution in [1.82, 2.24) is 14.8 Å². The van der Waals surface area contributed by atoms with E-state index >= 15 is 0 Å². The zero-order chi connectivity index (χ0) is 16.3. The Kier molecular flexibility index (Phi) is 4.79. The lowest BCUT2D eigenvalue weighted by Crippen LogP contribution is -2.49. The molecule has 1 atom stereocenters. The molecule has 0 aromatic carbocycles. The summed E-state index contributed by atoms with van der Waals surface area (Å²) in [5, 5.41) is 10.8. The number of aliphatic hydroxyl groups is 1. The minimum atomic E-state index is -0.859. The number of amides is 1. The molecule has 2 fully saturated rings. The molecule has 0 spiro atoms. The molecule has 7 heteroatoms. The zero-order valence-corrected chi connectivity index (χ0v) is 13.4. The summed E-state index contributed by atoms with van der Waals surface area (Å²) in [6, 6.07) is 3.42. The summed E-state index contributed by atoms with van der Waals surface area (Å²) < 4.78 is 10.5. The summed E-state index contributed by atoms with van der Waals surface area (Å²) in [7, 11) is 1.50. The topological polar surface area (TPSA) is 75.1 Å². The smallest absolute Gasteiger partial charge is 0.259 e. The fourth-order valence-corrected chi connectivity index (χ4v) is 3.22. The van der Waals surface area contributed by atoms with Gasteiger partial charge in [-0.3, -0.25) is 9.69 Å². The fraction of sp³-hybridized carbons (Fsp3) is 0.625. The lowest BCUT2D eigenvalue weighted by atomic mass is 10.0. The van der Waals surface area contributed by atoms with E-state index in [1.807, 2.05) is 0 Å². The Morgan fingerprint density at radius 1 is 1.43 bits per heavy atom. The van der Waals surface area contributed by atoms with Crippen LogP contribution in [0.3, 0.4) is 0 Å². The third-order valence-corrected chi connectivity index (χ3v) is 4.44. The van der Waals surface area contributed by atoms with Crippen LogP contribution >= 0.6 is 0 Å². The highest BCUT2D eigenvalue weighted by Crippen LogP contribution is 2.26. The first-order chi connectivity index (χ1) is 11.1. The van der Waals surface area contributed by atoms with E-state index < -0.39 is 5.60 Å². The number of nitrogens with zero attached hydrogens (tertiary/aromatic N) is 3. The Hall–Kier alpha value is -1.70. The normalized spacial score (nSPS) is 25.6. The van der Waals surface area contributed by atoms with E-state index in [1.54, 1.807) is 23.2 Å². The second-order valence-corrected chi connectivity index (χ2v) is 6.15. The molecule has 1 aromatic rings. The Morgan fingerprint density at radius 3 is 2.96 bits per heavy atom. The van der Waals surface area contributed by atoms with Crippen LogP contribution in [0.1, 0.15) is 16.8 Å². The molecule has 7 nitrogen and oxygen atoms in total. The molecule has 1 aromatic heterocycles. The highest BCUT2D eigenvalue weighted by atomic mass is 16.5. The van der Waals surface area contributed by atoms with Crippen LogP contribution in [0.25, 0.3) is 0 Å². The minimum absolute atomic E-state index is 0.146. The number of aromatic nitrogens is 1. The molecule has 0 aliphatic carbocycles. The number of rotatable bonds is 4. The predicted octanol–water partition coefficient (Wildman–Crippen LogP) is -0.000600. The van der Waals surface area contributed by atoms with Gasteiger partial charge in [-0.1, -0.05) is 0 Å². The minimum Gasteiger partial charge on any atom is -0.480 e. The molecule has 3 rings (SSSR count). The second-order valence-electron chi connectivity index (χ2n) is 6.15. The number of pyridine rings is 1. The van der Waals surface area contributed by atoms with E-state index in [4.69, 9.17) is 9.47 Å². The van der Waals surface area contributed by atoms with Crippen LogP contribution in [0.4, 0.5) is 0 Å². The molecule has 0 unspecified atom stereocenters. The molecule has 0 saturated carbocycles. The van der Waals surface area contributed by atoms with Crippen molar-refractivity contribution in [2.45, 2.75) is 12.0 Å². The first-order valence-electron chi connectivity index (χ1n) is 7.92. The van der Waals surface area contributed by atoms with Crippen LogP contribution in [0, 0.1) is 0 Å². The lowest BCUT2D eigenvalue weighted by molar-refractivity contribution is -0.0257. The van der Waals surface area contributed by atoms with Crippen molar-refractivity contribution >= 4 is 5.91 Å². The molecule has 1 N–H and O–H groups in total. The van der Waals surface area contributed by atoms with Crippen molar-refractivity contribution in [3.05, 3.63) is 23.9 Å². The zero-order valence-electron chi connectivity index (χ0n) is 13.4. The summed E-state index contributed by atoms with van der Waals surface area (Å²) in [4.78, 5) is 20.6. The molecule has 23 heavy (non-hydrogen) atoms. The van der Waals surface area contributed by atoms with Crippen molar-refractivity contribution in [3.8, 4) is 5.88 Å². The lowest BCUT2D eigenvalue weighted by Gasteiger charge is -2.33. The van der Waals surface area contributed by atoms with Gasteiger partial charge < -0.3 is 19.5 Å². The molecule has 3 heterocycles. The molecular weight excluding hydrogens is 298 g/mol. The third-order valence-electron chi connectivity index (χ3n) is 4.44. The number of likely N-dealkylation sites (tertiary alicyclic amines) is 1. The number of hydrogen-bond acceptors (Lipinski definition) is 6. The number of carbonyl (C=O) groups excluding carboxylic acids is 1. The van der Waals surface area contributed by atoms with Gasteiger partial charge in [0.1, 0.15) is 5.56 Å². The average Bonchev–Trinajstić information content (AvgIpc) is 2.97. The first-order valence-corrected chi connectivity index (χ1v) is 7.92. The Bertz CT molecular complexity index is 562. The number of hydrogen-bond donors (Lipinski definition) is 1. The average molecular weight is 321 g/mol. The standard InChI is InChI=1S/C16H23N3O4/c1-22-14-13(3-2-5-17-14)15(20)19-6-4-16(21,12-19)11-18-7-9-23-10-8-18/h2-3,5,21H,4,6-12H2,1H3/t16-/m0/s1. The molecular formula is C16H23N3O4. The Labute approximate surface area is 135 Å². The number of ether oxygens (including phenoxy) is 2. The van der Waals surface area contributed by atoms with Gasteiger partial charge in [0, 0.05) is 32.4 Å². The SMILES string of the molecule is COc1ncccc1C(=O)N1CC[C@](O)(CN2CCOCC2)C1. The maximum Gasteiger partial charge on any atom is 0.259 e. The molecule has 2 aliphatic heterocycles. The molecule has 126 valence electrons. The van der Waals surface area contributed by atoms with Gasteiger partial charge in [0.25, 0.3) is 5.91 Å². The highest BCUT2D eigenvalue weighted by Gasteiger charge is 2.40. The van der Waals surface area contributed by atoms with E-state index in [2.05, 4.69) is 9.88 Å². The number of morpholine rings is 1. The monoisotopic (exact) mass is 321 g/mol. The van der Waals surface area contributed by atoms with Gasteiger partial charge in [0.05, 0.1) is 32.5 Å². The number of methoxy groups -OCH3 is 1. The summed E-state index contributed by atoms with van der Waals surface area (Å²) >= 11 is 0. The highest BCUT2D eigenvalue weighted by molar-refractivity contribution is 5.96. The summed E-state index contributed by atoms with van der Waals surface area (Å²) in [5.74, 6) is 0.175. The van der Waals surface area contributed by atoms with Crippen LogP contribution in [-0.4, -0.2) is 84.4 Å². The summed E-state index contributed by atoms with van der Waals surface area (Å²) in [5.41, 5.74) is -0.423. The van der Waals surface area contributed by atoms with E-state index in [0.29, 0.717) is 50.7 Å². The van der Waals surface area contributed by atoms with Crippen LogP contribution in [0.5, 0.6) is 5.88 Å². The molecule has 0 bridgehead atoms. The predicted molar refractivity (Wildman–Crippen MR) is 83.5 cm³/mol. The maximum absolute atomic E-state index is 12.7. The van der Waals surface area contributed by atoms with E-state index in [9.17, 15) is 9.90 Å². The molecule has 1 amide bonds. The summed E-state index contributed by atoms with van der Waals surface area (Å²) in [6.45, 7) is 4.50. The van der Waals surface area contributed by atoms with E-state index in [0.717, 1.165) is 13.1 Å². The van der Waals surface area contributed by atoms with Crippen LogP contribution in [-0.2, 0) is 4.74 Å². The van der Waals surface area contributed by atoms with Gasteiger partial charge in [-0.05, 0) is 18.6 Å². The van der Waals surface area contributed by atoms with Gasteiger partial charge >= 0.3 is 0 Å². The van der Waals surface area contributed by atoms with Crippen molar-refractivity contribution in [3.63, 3.8) is 0 Å². The maximum atomic E-state index is 12.7. The van der Waals surface area contributed by atoms with Crippen molar-refractivity contribution in [2.24, 2.45) is 0 Å². The van der Waals surface area contributed by atoms with Crippen LogP contribution in [0.2, 0.25) is 0 Å². The second kappa shape index (κ2) is 6.82. The van der Waals surface area contributed by atoms with Crippen LogP contribution in [0.15, 0.2) is 18.3 Å². The number of β-amino-alcohol motifs (C(OH)–C–C–N with tert-alkyl or cyclic N) is 1. The molecule has 2 saturated heterocycles. The van der Waals surface area contributed by atoms with Gasteiger partial charge in [0.15, 0.2) is 0 Å². The van der Waals surface area contributed by atoms with E-state index in [1.165, 1.54) is 7.11 Å². The first kappa shape index (κ1) is 16.2. The van der Waals surface area contributed by atoms with Crippen LogP contribution < -0.4 is 4.74 Å². The van der Waals surface area contributed by atoms with Gasteiger partial charge in [0.2, 0.25) is 5.88 Å². The molecule has 2 aliphatic rings. The van der Waals surface area contributed by atoms with Crippen molar-refractivity contribution < 1.29 is 19.4 Å². The van der Waals surface area contributed by atoms with Gasteiger partial charge in [-0.2, -0.15) is 0 Å². The van der Waals surface area contributed by atoms with E-state index in [-0.39, 0.29) is 5.91 Å². The Balaban J connectivity index is 1.65. The van der Waals surface area contributed by atoms with Crippen molar-refractivity contribution in [1.29, 1.82) is 0 Å². The van der Waals surface area contributed by atoms with Gasteiger partial charge in [-0.25, -0.2) is 4.98 Å². The Morgan fingerprint density at radius 2 is 2.22 bits per heavy atom. The quantitative estimate of drug-likeness (QED) is 0.841. The fourth-order valence-electron chi connectivity index (χ4n) is 3.22. The van der Waals surface area contributed by atoms with Gasteiger partial charge in [-0.15, -0.1) is 0 Å². The number of carbonyl (C=O) groups is 1. The van der Waals surface area contributed by atoms with Crippen molar-refractivity contribution in [2.75, 3.05) is 53.0 Å².